The highest BCUT2D eigenvalue weighted by molar-refractivity contribution is 6.28. The van der Waals surface area contributed by atoms with Gasteiger partial charge in [-0.2, -0.15) is 0 Å². The van der Waals surface area contributed by atoms with E-state index in [2.05, 4.69) is 0 Å². The van der Waals surface area contributed by atoms with Crippen LogP contribution in [0.25, 0.3) is 0 Å². The van der Waals surface area contributed by atoms with Crippen molar-refractivity contribution in [1.82, 2.24) is 0 Å². The number of hydroxylamine groups is 1. The Morgan fingerprint density at radius 2 is 1.53 bits per heavy atom. The number of para-hydroxylation sites is 2. The van der Waals surface area contributed by atoms with E-state index >= 15 is 0 Å². The van der Waals surface area contributed by atoms with Crippen molar-refractivity contribution >= 4 is 29.0 Å². The molecule has 3 atom stereocenters. The summed E-state index contributed by atoms with van der Waals surface area (Å²) in [6, 6.07) is 22.8. The number of carbonyl (C=O) groups excluding carboxylic acids is 3. The lowest BCUT2D eigenvalue weighted by Gasteiger charge is -2.34. The Labute approximate surface area is 183 Å². The molecule has 3 unspecified atom stereocenters. The summed E-state index contributed by atoms with van der Waals surface area (Å²) in [6.45, 7) is 0. The first-order chi connectivity index (χ1) is 15.6. The van der Waals surface area contributed by atoms with Crippen LogP contribution in [0.2, 0.25) is 0 Å². The van der Waals surface area contributed by atoms with Crippen LogP contribution in [0.1, 0.15) is 15.9 Å². The van der Waals surface area contributed by atoms with E-state index in [1.165, 1.54) is 5.06 Å². The molecule has 0 spiro atoms. The Kier molecular flexibility index (Phi) is 3.82. The van der Waals surface area contributed by atoms with Gasteiger partial charge in [0.15, 0.2) is 17.4 Å². The third-order valence-electron chi connectivity index (χ3n) is 6.50. The molecule has 6 rings (SSSR count). The number of imide groups is 1. The first-order valence-electron chi connectivity index (χ1n) is 10.3. The van der Waals surface area contributed by atoms with Crippen molar-refractivity contribution < 1.29 is 24.0 Å². The van der Waals surface area contributed by atoms with Gasteiger partial charge in [0.1, 0.15) is 11.7 Å². The molecule has 2 fully saturated rings. The van der Waals surface area contributed by atoms with Crippen molar-refractivity contribution in [2.24, 2.45) is 5.92 Å². The van der Waals surface area contributed by atoms with Gasteiger partial charge in [0.25, 0.3) is 5.91 Å². The van der Waals surface area contributed by atoms with Gasteiger partial charge in [-0.15, -0.1) is 0 Å². The third-order valence-corrected chi connectivity index (χ3v) is 6.50. The summed E-state index contributed by atoms with van der Waals surface area (Å²) in [5.74, 6) is -1.59. The van der Waals surface area contributed by atoms with Gasteiger partial charge in [-0.05, 0) is 42.0 Å². The fourth-order valence-electron chi connectivity index (χ4n) is 5.11. The molecule has 2 saturated heterocycles. The Morgan fingerprint density at radius 3 is 2.25 bits per heavy atom. The molecule has 3 aromatic carbocycles. The molecule has 0 saturated carbocycles. The Bertz CT molecular complexity index is 1270. The molecule has 158 valence electrons. The van der Waals surface area contributed by atoms with E-state index in [0.29, 0.717) is 28.3 Å². The number of rotatable bonds is 3. The van der Waals surface area contributed by atoms with Crippen LogP contribution in [0.5, 0.6) is 5.75 Å². The first kappa shape index (κ1) is 18.8. The maximum absolute atomic E-state index is 14.0. The van der Waals surface area contributed by atoms with Crippen molar-refractivity contribution in [1.29, 1.82) is 0 Å². The quantitative estimate of drug-likeness (QED) is 0.599. The topological polar surface area (TPSA) is 76.2 Å². The second kappa shape index (κ2) is 6.51. The molecule has 0 bridgehead atoms. The number of benzene rings is 3. The van der Waals surface area contributed by atoms with Crippen LogP contribution in [-0.4, -0.2) is 30.8 Å². The van der Waals surface area contributed by atoms with E-state index < -0.39 is 29.4 Å². The first-order valence-corrected chi connectivity index (χ1v) is 10.3. The van der Waals surface area contributed by atoms with Gasteiger partial charge >= 0.3 is 0 Å². The molecular weight excluding hydrogens is 408 g/mol. The van der Waals surface area contributed by atoms with Crippen LogP contribution in [0.4, 0.5) is 11.4 Å². The number of hydrogen-bond acceptors (Lipinski definition) is 6. The standard InChI is InChI=1S/C25H18N2O5/c1-31-17-13-11-15(12-14-17)25-20-21(24(30)26(23(20)29)16-7-3-2-4-8-16)32-27(25)19-10-6-5-9-18(19)22(25)28/h2-14,20-21H,1H3. The number of nitrogens with zero attached hydrogens (tertiary/aromatic N) is 2. The van der Waals surface area contributed by atoms with Gasteiger partial charge in [-0.25, -0.2) is 9.96 Å². The van der Waals surface area contributed by atoms with E-state index in [4.69, 9.17) is 9.57 Å². The summed E-state index contributed by atoms with van der Waals surface area (Å²) in [6.07, 6.45) is -1.10. The monoisotopic (exact) mass is 426 g/mol. The number of Topliss-reactive ketones (excluding diaryl/α,β-unsaturated/α-hetero) is 1. The summed E-state index contributed by atoms with van der Waals surface area (Å²) in [7, 11) is 1.56. The molecule has 3 aromatic rings. The Morgan fingerprint density at radius 1 is 0.844 bits per heavy atom. The number of fused-ring (bicyclic) bond motifs is 5. The van der Waals surface area contributed by atoms with Gasteiger partial charge in [-0.3, -0.25) is 19.2 Å². The summed E-state index contributed by atoms with van der Waals surface area (Å²) >= 11 is 0. The number of hydrogen-bond donors (Lipinski definition) is 0. The van der Waals surface area contributed by atoms with Gasteiger partial charge in [0.05, 0.1) is 18.5 Å². The van der Waals surface area contributed by atoms with E-state index in [0.717, 1.165) is 4.90 Å². The summed E-state index contributed by atoms with van der Waals surface area (Å²) in [5.41, 5.74) is 0.564. The SMILES string of the molecule is COc1ccc(C23C(=O)c4ccccc4N2OC2C(=O)N(c4ccccc4)C(=O)C23)cc1. The number of amides is 2. The predicted octanol–water partition coefficient (Wildman–Crippen LogP) is 3.10. The molecule has 0 N–H and O–H groups in total. The maximum atomic E-state index is 14.0. The minimum Gasteiger partial charge on any atom is -0.497 e. The fourth-order valence-corrected chi connectivity index (χ4v) is 5.11. The van der Waals surface area contributed by atoms with Crippen molar-refractivity contribution in [2.45, 2.75) is 11.6 Å². The van der Waals surface area contributed by atoms with Gasteiger partial charge < -0.3 is 4.74 Å². The third kappa shape index (κ3) is 2.15. The van der Waals surface area contributed by atoms with Crippen molar-refractivity contribution in [3.05, 3.63) is 90.0 Å². The number of carbonyl (C=O) groups is 3. The number of anilines is 2. The van der Waals surface area contributed by atoms with Crippen molar-refractivity contribution in [2.75, 3.05) is 17.1 Å². The average Bonchev–Trinajstić information content (AvgIpc) is 3.40. The highest BCUT2D eigenvalue weighted by atomic mass is 16.7. The van der Waals surface area contributed by atoms with Crippen LogP contribution in [0.3, 0.4) is 0 Å². The maximum Gasteiger partial charge on any atom is 0.266 e. The summed E-state index contributed by atoms with van der Waals surface area (Å²) in [4.78, 5) is 48.3. The largest absolute Gasteiger partial charge is 0.497 e. The van der Waals surface area contributed by atoms with Gasteiger partial charge in [-0.1, -0.05) is 42.5 Å². The van der Waals surface area contributed by atoms with E-state index in [9.17, 15) is 14.4 Å². The lowest BCUT2D eigenvalue weighted by molar-refractivity contribution is -0.126. The van der Waals surface area contributed by atoms with Crippen LogP contribution in [-0.2, 0) is 20.0 Å². The molecule has 7 heteroatoms. The zero-order valence-electron chi connectivity index (χ0n) is 17.1. The van der Waals surface area contributed by atoms with E-state index in [-0.39, 0.29) is 5.78 Å². The minimum absolute atomic E-state index is 0.262. The van der Waals surface area contributed by atoms with Crippen LogP contribution in [0, 0.1) is 5.92 Å². The molecule has 2 amide bonds. The highest BCUT2D eigenvalue weighted by Gasteiger charge is 2.73. The molecule has 0 aliphatic carbocycles. The van der Waals surface area contributed by atoms with E-state index in [1.807, 2.05) is 6.07 Å². The number of methoxy groups -OCH3 is 1. The van der Waals surface area contributed by atoms with Gasteiger partial charge in [0.2, 0.25) is 5.91 Å². The molecule has 0 radical (unpaired) electrons. The zero-order chi connectivity index (χ0) is 22.0. The average molecular weight is 426 g/mol. The normalized spacial score (nSPS) is 25.7. The summed E-state index contributed by atoms with van der Waals surface area (Å²) < 4.78 is 5.27. The molecule has 7 nitrogen and oxygen atoms in total. The zero-order valence-corrected chi connectivity index (χ0v) is 17.1. The smallest absolute Gasteiger partial charge is 0.266 e. The Hall–Kier alpha value is -3.97. The molecular formula is C25H18N2O5. The van der Waals surface area contributed by atoms with Crippen LogP contribution < -0.4 is 14.7 Å². The van der Waals surface area contributed by atoms with Crippen LogP contribution >= 0.6 is 0 Å². The fraction of sp³-hybridized carbons (Fsp3) is 0.160. The highest BCUT2D eigenvalue weighted by Crippen LogP contribution is 2.57. The second-order valence-corrected chi connectivity index (χ2v) is 7.99. The second-order valence-electron chi connectivity index (χ2n) is 7.99. The molecule has 32 heavy (non-hydrogen) atoms. The van der Waals surface area contributed by atoms with E-state index in [1.54, 1.807) is 79.9 Å². The molecule has 3 heterocycles. The minimum atomic E-state index is -1.48. The molecule has 0 aromatic heterocycles. The van der Waals surface area contributed by atoms with Crippen LogP contribution in [0.15, 0.2) is 78.9 Å². The van der Waals surface area contributed by atoms with Crippen molar-refractivity contribution in [3.63, 3.8) is 0 Å². The Balaban J connectivity index is 1.56. The molecule has 3 aliphatic heterocycles. The van der Waals surface area contributed by atoms with Gasteiger partial charge in [0, 0.05) is 5.56 Å². The van der Waals surface area contributed by atoms with Crippen molar-refractivity contribution in [3.8, 4) is 5.75 Å². The lowest BCUT2D eigenvalue weighted by atomic mass is 9.74. The lowest BCUT2D eigenvalue weighted by Crippen LogP contribution is -2.51. The summed E-state index contributed by atoms with van der Waals surface area (Å²) in [5, 5.41) is 1.47. The molecule has 3 aliphatic rings. The number of ketones is 1. The number of ether oxygens (including phenoxy) is 1. The predicted molar refractivity (Wildman–Crippen MR) is 115 cm³/mol.